The predicted molar refractivity (Wildman–Crippen MR) is 120 cm³/mol. The van der Waals surface area contributed by atoms with E-state index < -0.39 is 0 Å². The molecule has 0 bridgehead atoms. The number of pyridine rings is 1. The number of hydrogen-bond donors (Lipinski definition) is 4. The highest BCUT2D eigenvalue weighted by molar-refractivity contribution is 5.89. The van der Waals surface area contributed by atoms with Crippen LogP contribution in [0.1, 0.15) is 24.8 Å². The van der Waals surface area contributed by atoms with Crippen LogP contribution in [0.4, 0.5) is 10.5 Å². The Balaban J connectivity index is 1.26. The molecular weight excluding hydrogens is 408 g/mol. The maximum atomic E-state index is 12.4. The van der Waals surface area contributed by atoms with Crippen molar-refractivity contribution in [1.29, 1.82) is 0 Å². The Labute approximate surface area is 187 Å². The highest BCUT2D eigenvalue weighted by Gasteiger charge is 2.43. The monoisotopic (exact) mass is 436 g/mol. The third kappa shape index (κ3) is 5.61. The van der Waals surface area contributed by atoms with Gasteiger partial charge in [-0.15, -0.1) is 0 Å². The summed E-state index contributed by atoms with van der Waals surface area (Å²) < 4.78 is 0. The minimum absolute atomic E-state index is 0.0185. The number of urea groups is 1. The van der Waals surface area contributed by atoms with E-state index in [9.17, 15) is 14.4 Å². The van der Waals surface area contributed by atoms with Crippen molar-refractivity contribution in [2.45, 2.75) is 43.9 Å². The van der Waals surface area contributed by atoms with Crippen LogP contribution in [0.5, 0.6) is 0 Å². The second kappa shape index (κ2) is 10.2. The maximum absolute atomic E-state index is 12.4. The number of anilines is 1. The number of carbonyl (C=O) groups excluding carboxylic acids is 3. The zero-order valence-electron chi connectivity index (χ0n) is 17.8. The molecule has 0 saturated carbocycles. The molecule has 4 rings (SSSR count). The Kier molecular flexibility index (Phi) is 6.96. The number of aromatic nitrogens is 1. The Morgan fingerprint density at radius 3 is 2.78 bits per heavy atom. The smallest absolute Gasteiger partial charge is 0.319 e. The Morgan fingerprint density at radius 1 is 1.16 bits per heavy atom. The van der Waals surface area contributed by atoms with Gasteiger partial charge in [-0.3, -0.25) is 19.5 Å². The van der Waals surface area contributed by atoms with Gasteiger partial charge in [0.25, 0.3) is 0 Å². The summed E-state index contributed by atoms with van der Waals surface area (Å²) in [6.45, 7) is 1.54. The van der Waals surface area contributed by atoms with Crippen LogP contribution in [0, 0.1) is 0 Å². The van der Waals surface area contributed by atoms with Gasteiger partial charge in [-0.2, -0.15) is 0 Å². The first kappa shape index (κ1) is 21.8. The molecular formula is C23H28N6O3. The normalized spacial score (nSPS) is 22.5. The van der Waals surface area contributed by atoms with Gasteiger partial charge >= 0.3 is 6.03 Å². The minimum atomic E-state index is -0.284. The lowest BCUT2D eigenvalue weighted by Crippen LogP contribution is -2.58. The van der Waals surface area contributed by atoms with Crippen LogP contribution in [0.15, 0.2) is 54.9 Å². The number of amides is 4. The Bertz CT molecular complexity index is 939. The first-order chi connectivity index (χ1) is 15.6. The van der Waals surface area contributed by atoms with Gasteiger partial charge < -0.3 is 21.3 Å². The Hall–Kier alpha value is -3.46. The van der Waals surface area contributed by atoms with E-state index in [-0.39, 0.29) is 36.0 Å². The molecule has 0 unspecified atom stereocenters. The number of nitrogens with one attached hydrogen (secondary N) is 4. The molecule has 9 heteroatoms. The SMILES string of the molecule is O=C(CC[C@@H]1CNC(=O)[C@@H]2C[C@@H](NC(=O)Nc3ccccc3)CN12)NCc1cccnc1. The van der Waals surface area contributed by atoms with Crippen molar-refractivity contribution in [3.05, 3.63) is 60.4 Å². The van der Waals surface area contributed by atoms with Crippen LogP contribution in [0.2, 0.25) is 0 Å². The van der Waals surface area contributed by atoms with E-state index in [1.54, 1.807) is 12.4 Å². The number of piperazine rings is 1. The topological polar surface area (TPSA) is 115 Å². The average Bonchev–Trinajstić information content (AvgIpc) is 3.23. The summed E-state index contributed by atoms with van der Waals surface area (Å²) in [7, 11) is 0. The van der Waals surface area contributed by atoms with Crippen molar-refractivity contribution in [2.75, 3.05) is 18.4 Å². The molecule has 168 valence electrons. The lowest BCUT2D eigenvalue weighted by Gasteiger charge is -2.37. The fourth-order valence-corrected chi connectivity index (χ4v) is 4.31. The van der Waals surface area contributed by atoms with E-state index in [1.807, 2.05) is 42.5 Å². The van der Waals surface area contributed by atoms with E-state index in [0.29, 0.717) is 44.6 Å². The number of rotatable bonds is 7. The van der Waals surface area contributed by atoms with Crippen molar-refractivity contribution in [3.63, 3.8) is 0 Å². The molecule has 2 aliphatic heterocycles. The average molecular weight is 437 g/mol. The standard InChI is InChI=1S/C23H28N6O3/c30-21(25-13-16-5-4-10-24-12-16)9-8-19-14-26-22(31)20-11-18(15-29(19)20)28-23(32)27-17-6-2-1-3-7-17/h1-7,10,12,18-20H,8-9,11,13-15H2,(H,25,30)(H,26,31)(H2,27,28,32)/t18-,19-,20+/m1/s1. The van der Waals surface area contributed by atoms with Gasteiger partial charge in [0.15, 0.2) is 0 Å². The first-order valence-electron chi connectivity index (χ1n) is 10.9. The Morgan fingerprint density at radius 2 is 2.00 bits per heavy atom. The lowest BCUT2D eigenvalue weighted by molar-refractivity contribution is -0.129. The number of hydrogen-bond acceptors (Lipinski definition) is 5. The summed E-state index contributed by atoms with van der Waals surface area (Å²) in [6, 6.07) is 12.4. The van der Waals surface area contributed by atoms with Crippen molar-refractivity contribution >= 4 is 23.5 Å². The number of benzene rings is 1. The lowest BCUT2D eigenvalue weighted by atomic mass is 10.0. The second-order valence-corrected chi connectivity index (χ2v) is 8.19. The van der Waals surface area contributed by atoms with Crippen LogP contribution in [0.3, 0.4) is 0 Å². The molecule has 4 N–H and O–H groups in total. The van der Waals surface area contributed by atoms with Gasteiger partial charge in [-0.25, -0.2) is 4.79 Å². The number of fused-ring (bicyclic) bond motifs is 1. The molecule has 0 radical (unpaired) electrons. The van der Waals surface area contributed by atoms with E-state index in [0.717, 1.165) is 5.56 Å². The van der Waals surface area contributed by atoms with Gasteiger partial charge in [-0.1, -0.05) is 24.3 Å². The van der Waals surface area contributed by atoms with Gasteiger partial charge in [0.2, 0.25) is 11.8 Å². The van der Waals surface area contributed by atoms with Crippen molar-refractivity contribution in [1.82, 2.24) is 25.8 Å². The van der Waals surface area contributed by atoms with Crippen molar-refractivity contribution in [3.8, 4) is 0 Å². The molecule has 2 aromatic rings. The van der Waals surface area contributed by atoms with Crippen molar-refractivity contribution in [2.24, 2.45) is 0 Å². The summed E-state index contributed by atoms with van der Waals surface area (Å²) in [5, 5.41) is 11.6. The first-order valence-corrected chi connectivity index (χ1v) is 10.9. The molecule has 2 saturated heterocycles. The molecule has 9 nitrogen and oxygen atoms in total. The molecule has 1 aromatic carbocycles. The molecule has 4 amide bonds. The molecule has 2 fully saturated rings. The largest absolute Gasteiger partial charge is 0.353 e. The summed E-state index contributed by atoms with van der Waals surface area (Å²) in [6.07, 6.45) is 4.99. The van der Waals surface area contributed by atoms with Gasteiger partial charge in [0.1, 0.15) is 0 Å². The summed E-state index contributed by atoms with van der Waals surface area (Å²) >= 11 is 0. The van der Waals surface area contributed by atoms with E-state index in [2.05, 4.69) is 31.2 Å². The molecule has 0 spiro atoms. The number of para-hydroxylation sites is 1. The zero-order chi connectivity index (χ0) is 22.3. The fraction of sp³-hybridized carbons (Fsp3) is 0.391. The molecule has 32 heavy (non-hydrogen) atoms. The summed E-state index contributed by atoms with van der Waals surface area (Å²) in [4.78, 5) is 43.2. The van der Waals surface area contributed by atoms with E-state index in [4.69, 9.17) is 0 Å². The van der Waals surface area contributed by atoms with Gasteiger partial charge in [0, 0.05) is 56.2 Å². The van der Waals surface area contributed by atoms with Crippen LogP contribution in [-0.2, 0) is 16.1 Å². The molecule has 0 aliphatic carbocycles. The quantitative estimate of drug-likeness (QED) is 0.521. The zero-order valence-corrected chi connectivity index (χ0v) is 17.8. The van der Waals surface area contributed by atoms with E-state index in [1.165, 1.54) is 0 Å². The predicted octanol–water partition coefficient (Wildman–Crippen LogP) is 1.24. The maximum Gasteiger partial charge on any atom is 0.319 e. The van der Waals surface area contributed by atoms with Crippen LogP contribution in [-0.4, -0.2) is 58.9 Å². The summed E-state index contributed by atoms with van der Waals surface area (Å²) in [5.74, 6) is -0.0477. The van der Waals surface area contributed by atoms with Crippen LogP contribution in [0.25, 0.3) is 0 Å². The second-order valence-electron chi connectivity index (χ2n) is 8.19. The third-order valence-corrected chi connectivity index (χ3v) is 5.91. The van der Waals surface area contributed by atoms with Crippen LogP contribution < -0.4 is 21.3 Å². The van der Waals surface area contributed by atoms with Gasteiger partial charge in [0.05, 0.1) is 6.04 Å². The minimum Gasteiger partial charge on any atom is -0.353 e. The highest BCUT2D eigenvalue weighted by Crippen LogP contribution is 2.26. The number of carbonyl (C=O) groups is 3. The van der Waals surface area contributed by atoms with E-state index >= 15 is 0 Å². The summed E-state index contributed by atoms with van der Waals surface area (Å²) in [5.41, 5.74) is 1.67. The molecule has 3 atom stereocenters. The molecule has 3 heterocycles. The molecule has 1 aromatic heterocycles. The fourth-order valence-electron chi connectivity index (χ4n) is 4.31. The van der Waals surface area contributed by atoms with Crippen LogP contribution >= 0.6 is 0 Å². The van der Waals surface area contributed by atoms with Crippen molar-refractivity contribution < 1.29 is 14.4 Å². The third-order valence-electron chi connectivity index (χ3n) is 5.91. The number of nitrogens with zero attached hydrogens (tertiary/aromatic N) is 2. The highest BCUT2D eigenvalue weighted by atomic mass is 16.2. The molecule has 2 aliphatic rings. The van der Waals surface area contributed by atoms with Gasteiger partial charge in [-0.05, 0) is 36.6 Å².